The molecule has 312 valence electrons. The number of aliphatic hydroxyl groups is 1. The number of nitrogens with two attached hydrogens (primary N) is 1. The van der Waals surface area contributed by atoms with E-state index in [1.54, 1.807) is 59.7 Å². The van der Waals surface area contributed by atoms with Crippen molar-refractivity contribution in [3.63, 3.8) is 0 Å². The number of nitrogens with zero attached hydrogens (tertiary/aromatic N) is 3. The molecule has 16 heteroatoms. The molecule has 1 saturated carbocycles. The number of carbonyl (C=O) groups excluding carboxylic acids is 3. The second-order valence-electron chi connectivity index (χ2n) is 16.7. The molecule has 1 aliphatic carbocycles. The van der Waals surface area contributed by atoms with Crippen LogP contribution in [-0.2, 0) is 30.7 Å². The Bertz CT molecular complexity index is 2330. The lowest BCUT2D eigenvalue weighted by molar-refractivity contribution is -0.131. The summed E-state index contributed by atoms with van der Waals surface area (Å²) in [5.74, 6) is -2.99. The van der Waals surface area contributed by atoms with Crippen LogP contribution in [0.1, 0.15) is 95.5 Å². The molecule has 0 spiro atoms. The number of amides is 3. The van der Waals surface area contributed by atoms with Gasteiger partial charge in [-0.1, -0.05) is 25.1 Å². The summed E-state index contributed by atoms with van der Waals surface area (Å²) in [5.41, 5.74) is 5.73. The number of aliphatic hydroxyl groups excluding tert-OH is 1. The topological polar surface area (TPSA) is 181 Å². The van der Waals surface area contributed by atoms with Gasteiger partial charge in [0, 0.05) is 43.4 Å². The number of aryl methyl sites for hydroxylation is 1. The molecule has 0 bridgehead atoms. The van der Waals surface area contributed by atoms with Crippen LogP contribution in [0, 0.1) is 18.6 Å². The number of pyridine rings is 1. The molecule has 0 aliphatic heterocycles. The molecular weight excluding hydrogens is 773 g/mol. The third-order valence-corrected chi connectivity index (χ3v) is 11.7. The number of ether oxygens (including phenoxy) is 2. The molecule has 1 fully saturated rings. The van der Waals surface area contributed by atoms with E-state index in [9.17, 15) is 27.9 Å². The summed E-state index contributed by atoms with van der Waals surface area (Å²) in [6.45, 7) is 12.9. The average molecular weight is 824 g/mol. The minimum atomic E-state index is -4.04. The Morgan fingerprint density at radius 2 is 1.59 bits per heavy atom. The van der Waals surface area contributed by atoms with Gasteiger partial charge in [-0.05, 0) is 119 Å². The first-order valence-corrected chi connectivity index (χ1v) is 20.4. The monoisotopic (exact) mass is 823 g/mol. The molecule has 2 atom stereocenters. The molecule has 1 aliphatic rings. The summed E-state index contributed by atoms with van der Waals surface area (Å²) in [4.78, 5) is 47.0. The lowest BCUT2D eigenvalue weighted by Crippen LogP contribution is -2.44. The number of rotatable bonds is 11. The van der Waals surface area contributed by atoms with Crippen LogP contribution in [-0.4, -0.2) is 71.6 Å². The minimum absolute atomic E-state index is 0.00116. The van der Waals surface area contributed by atoms with Crippen molar-refractivity contribution < 1.29 is 46.2 Å². The predicted octanol–water partition coefficient (Wildman–Crippen LogP) is 7.92. The van der Waals surface area contributed by atoms with Crippen molar-refractivity contribution in [3.05, 3.63) is 88.6 Å². The van der Waals surface area contributed by atoms with Crippen LogP contribution in [0.25, 0.3) is 10.8 Å². The molecule has 13 nitrogen and oxygen atoms in total. The van der Waals surface area contributed by atoms with Crippen molar-refractivity contribution in [1.82, 2.24) is 9.88 Å². The van der Waals surface area contributed by atoms with E-state index < -0.39 is 67.0 Å². The van der Waals surface area contributed by atoms with E-state index in [2.05, 4.69) is 10.3 Å². The number of hydrogen-bond donors (Lipinski definition) is 3. The fraction of sp³-hybridized carbons (Fsp3) is 0.429. The molecule has 3 amide bonds. The normalized spacial score (nSPS) is 14.4. The number of benzene rings is 3. The number of hydrogen-bond acceptors (Lipinski definition) is 11. The molecular formula is C42H51F2N5O8S. The summed E-state index contributed by atoms with van der Waals surface area (Å²) < 4.78 is 69.4. The first kappa shape index (κ1) is 43.8. The first-order chi connectivity index (χ1) is 26.9. The Hall–Kier alpha value is -5.35. The van der Waals surface area contributed by atoms with Crippen molar-refractivity contribution in [1.29, 1.82) is 0 Å². The Labute approximate surface area is 337 Å². The maximum atomic E-state index is 16.4. The van der Waals surface area contributed by atoms with Gasteiger partial charge in [0.1, 0.15) is 33.8 Å². The molecule has 5 rings (SSSR count). The first-order valence-electron chi connectivity index (χ1n) is 18.8. The fourth-order valence-corrected chi connectivity index (χ4v) is 8.42. The van der Waals surface area contributed by atoms with Crippen molar-refractivity contribution in [3.8, 4) is 0 Å². The van der Waals surface area contributed by atoms with Crippen molar-refractivity contribution in [2.45, 2.75) is 108 Å². The molecule has 2 unspecified atom stereocenters. The number of fused-ring (bicyclic) bond motifs is 1. The lowest BCUT2D eigenvalue weighted by Gasteiger charge is -2.29. The smallest absolute Gasteiger partial charge is 0.425 e. The summed E-state index contributed by atoms with van der Waals surface area (Å²) >= 11 is 0. The minimum Gasteiger partial charge on any atom is -0.443 e. The van der Waals surface area contributed by atoms with Gasteiger partial charge in [-0.2, -0.15) is 4.90 Å². The average Bonchev–Trinajstić information content (AvgIpc) is 3.95. The molecule has 4 aromatic rings. The molecule has 1 aromatic heterocycles. The van der Waals surface area contributed by atoms with Crippen LogP contribution in [0.3, 0.4) is 0 Å². The zero-order valence-electron chi connectivity index (χ0n) is 34.1. The van der Waals surface area contributed by atoms with Crippen molar-refractivity contribution in [2.24, 2.45) is 0 Å². The quantitative estimate of drug-likeness (QED) is 0.125. The zero-order chi connectivity index (χ0) is 43.1. The lowest BCUT2D eigenvalue weighted by atomic mass is 9.93. The van der Waals surface area contributed by atoms with E-state index in [0.29, 0.717) is 28.7 Å². The molecule has 58 heavy (non-hydrogen) atoms. The SMILES string of the molecule is Cc1cc(C(Nc2cc3ccnc(N(C(=O)OC(C)(C)C)C(=O)OC(C)(C)C)c3cc2F)C(=O)N(C)Cc2cc(N)cc(F)c2S(=O)(=O)C2CC2)ccc1C(C)CO. The summed E-state index contributed by atoms with van der Waals surface area (Å²) in [5, 5.41) is 12.5. The number of nitrogen functional groups attached to an aromatic ring is 1. The van der Waals surface area contributed by atoms with E-state index in [1.165, 1.54) is 36.3 Å². The van der Waals surface area contributed by atoms with Crippen LogP contribution in [0.15, 0.2) is 59.6 Å². The molecule has 1 heterocycles. The molecule has 4 N–H and O–H groups in total. The van der Waals surface area contributed by atoms with Gasteiger partial charge in [0.25, 0.3) is 0 Å². The summed E-state index contributed by atoms with van der Waals surface area (Å²) in [6, 6.07) is 10.1. The molecule has 0 radical (unpaired) electrons. The standard InChI is InChI=1S/C42H51F2N5O8S/c1-23-16-26(10-13-30(23)24(2)22-50)35(38(51)48(9)21-27-17-28(45)19-33(44)36(27)58(54,55)29-11-12-29)47-34-18-25-14-15-46-37(31(25)20-32(34)43)49(39(52)56-41(3,4)5)40(53)57-42(6,7)8/h10,13-20,24,29,35,47,50H,11-12,21-22,45H2,1-9H3. The van der Waals surface area contributed by atoms with E-state index in [0.717, 1.165) is 23.3 Å². The fourth-order valence-electron chi connectivity index (χ4n) is 6.51. The van der Waals surface area contributed by atoms with Gasteiger partial charge in [-0.3, -0.25) is 4.79 Å². The summed E-state index contributed by atoms with van der Waals surface area (Å²) in [6.07, 6.45) is -0.0854. The van der Waals surface area contributed by atoms with Crippen LogP contribution >= 0.6 is 0 Å². The van der Waals surface area contributed by atoms with Gasteiger partial charge in [0.05, 0.1) is 10.9 Å². The molecule has 0 saturated heterocycles. The number of anilines is 3. The second kappa shape index (κ2) is 16.5. The van der Waals surface area contributed by atoms with Gasteiger partial charge >= 0.3 is 12.2 Å². The Morgan fingerprint density at radius 3 is 2.14 bits per heavy atom. The number of halogens is 2. The van der Waals surface area contributed by atoms with Crippen molar-refractivity contribution in [2.75, 3.05) is 29.6 Å². The predicted molar refractivity (Wildman–Crippen MR) is 217 cm³/mol. The van der Waals surface area contributed by atoms with Gasteiger partial charge in [0.15, 0.2) is 15.7 Å². The zero-order valence-corrected chi connectivity index (χ0v) is 35.0. The van der Waals surface area contributed by atoms with Crippen LogP contribution in [0.4, 0.5) is 35.6 Å². The number of sulfone groups is 1. The largest absolute Gasteiger partial charge is 0.443 e. The van der Waals surface area contributed by atoms with Gasteiger partial charge in [-0.15, -0.1) is 0 Å². The third-order valence-electron chi connectivity index (χ3n) is 9.35. The number of nitrogens with one attached hydrogen (secondary N) is 1. The maximum Gasteiger partial charge on any atom is 0.425 e. The maximum absolute atomic E-state index is 16.4. The summed E-state index contributed by atoms with van der Waals surface area (Å²) in [7, 11) is -2.63. The Balaban J connectivity index is 1.59. The van der Waals surface area contributed by atoms with E-state index in [4.69, 9.17) is 15.2 Å². The highest BCUT2D eigenvalue weighted by Crippen LogP contribution is 2.38. The van der Waals surface area contributed by atoms with E-state index in [1.807, 2.05) is 13.8 Å². The number of carbonyl (C=O) groups is 3. The van der Waals surface area contributed by atoms with Crippen LogP contribution in [0.5, 0.6) is 0 Å². The number of imide groups is 1. The van der Waals surface area contributed by atoms with Crippen molar-refractivity contribution >= 4 is 55.9 Å². The van der Waals surface area contributed by atoms with Crippen LogP contribution in [0.2, 0.25) is 0 Å². The highest BCUT2D eigenvalue weighted by Gasteiger charge is 2.41. The van der Waals surface area contributed by atoms with Crippen LogP contribution < -0.4 is 16.0 Å². The Kier molecular flexibility index (Phi) is 12.4. The highest BCUT2D eigenvalue weighted by atomic mass is 32.2. The Morgan fingerprint density at radius 1 is 0.966 bits per heavy atom. The highest BCUT2D eigenvalue weighted by molar-refractivity contribution is 7.92. The second-order valence-corrected chi connectivity index (χ2v) is 18.9. The van der Waals surface area contributed by atoms with E-state index in [-0.39, 0.29) is 47.2 Å². The molecule has 3 aromatic carbocycles. The third kappa shape index (κ3) is 9.84. The van der Waals surface area contributed by atoms with Gasteiger partial charge in [0.2, 0.25) is 5.91 Å². The number of aromatic nitrogens is 1. The van der Waals surface area contributed by atoms with Gasteiger partial charge in [-0.25, -0.2) is 31.8 Å². The van der Waals surface area contributed by atoms with E-state index >= 15 is 8.78 Å². The number of likely N-dealkylation sites (N-methyl/N-ethyl adjacent to an activating group) is 1. The van der Waals surface area contributed by atoms with Gasteiger partial charge < -0.3 is 30.5 Å².